The molecule has 37 heavy (non-hydrogen) atoms. The van der Waals surface area contributed by atoms with Crippen molar-refractivity contribution >= 4 is 52.6 Å². The molecule has 0 aliphatic carbocycles. The van der Waals surface area contributed by atoms with Crippen LogP contribution >= 0.6 is 34.8 Å². The van der Waals surface area contributed by atoms with Crippen LogP contribution in [0.5, 0.6) is 0 Å². The number of nitrogens with zero attached hydrogens (tertiary/aromatic N) is 1. The first kappa shape index (κ1) is 27.1. The summed E-state index contributed by atoms with van der Waals surface area (Å²) in [6.45, 7) is 1.11. The smallest absolute Gasteiger partial charge is 0.327 e. The number of piperidine rings is 1. The van der Waals surface area contributed by atoms with Crippen LogP contribution in [0, 0.1) is 5.92 Å². The molecule has 2 atom stereocenters. The van der Waals surface area contributed by atoms with Gasteiger partial charge in [0, 0.05) is 18.5 Å². The Kier molecular flexibility index (Phi) is 8.87. The summed E-state index contributed by atoms with van der Waals surface area (Å²) in [7, 11) is 0. The molecule has 192 valence electrons. The van der Waals surface area contributed by atoms with E-state index < -0.39 is 29.7 Å². The number of carbonyl (C=O) groups excluding carboxylic acids is 2. The summed E-state index contributed by atoms with van der Waals surface area (Å²) in [5.41, 5.74) is 2.00. The van der Waals surface area contributed by atoms with E-state index in [1.165, 1.54) is 12.1 Å². The lowest BCUT2D eigenvalue weighted by Crippen LogP contribution is -2.54. The van der Waals surface area contributed by atoms with Crippen molar-refractivity contribution in [2.75, 3.05) is 13.1 Å². The summed E-state index contributed by atoms with van der Waals surface area (Å²) >= 11 is 19.5. The Labute approximate surface area is 230 Å². The van der Waals surface area contributed by atoms with Gasteiger partial charge in [-0.05, 0) is 42.6 Å². The van der Waals surface area contributed by atoms with Crippen LogP contribution in [0.25, 0.3) is 11.1 Å². The van der Waals surface area contributed by atoms with E-state index in [-0.39, 0.29) is 27.1 Å². The van der Waals surface area contributed by atoms with E-state index in [4.69, 9.17) is 34.8 Å². The average molecular weight is 560 g/mol. The molecule has 0 aromatic heterocycles. The molecule has 4 rings (SSSR count). The number of carboxylic acid groups (broad SMARTS) is 1. The highest BCUT2D eigenvalue weighted by molar-refractivity contribution is 6.44. The number of hydrogen-bond acceptors (Lipinski definition) is 4. The second-order valence-electron chi connectivity index (χ2n) is 8.86. The van der Waals surface area contributed by atoms with Crippen molar-refractivity contribution in [3.05, 3.63) is 92.9 Å². The van der Waals surface area contributed by atoms with E-state index in [1.54, 1.807) is 24.3 Å². The number of hydrogen-bond donors (Lipinski definition) is 2. The van der Waals surface area contributed by atoms with Crippen molar-refractivity contribution in [2.24, 2.45) is 5.92 Å². The predicted molar refractivity (Wildman–Crippen MR) is 145 cm³/mol. The second kappa shape index (κ2) is 12.1. The first-order valence-corrected chi connectivity index (χ1v) is 13.0. The van der Waals surface area contributed by atoms with Crippen LogP contribution in [0.15, 0.2) is 66.7 Å². The zero-order valence-electron chi connectivity index (χ0n) is 19.8. The molecule has 3 aromatic rings. The largest absolute Gasteiger partial charge is 0.480 e. The summed E-state index contributed by atoms with van der Waals surface area (Å²) in [6.07, 6.45) is 1.07. The molecule has 1 aliphatic rings. The fourth-order valence-electron chi connectivity index (χ4n) is 4.50. The van der Waals surface area contributed by atoms with E-state index in [2.05, 4.69) is 5.32 Å². The normalized spacial score (nSPS) is 16.1. The Morgan fingerprint density at radius 2 is 1.65 bits per heavy atom. The van der Waals surface area contributed by atoms with Gasteiger partial charge in [0.05, 0.1) is 26.5 Å². The Balaban J connectivity index is 1.73. The van der Waals surface area contributed by atoms with Gasteiger partial charge in [0.2, 0.25) is 5.91 Å². The second-order valence-corrected chi connectivity index (χ2v) is 10.0. The molecule has 0 bridgehead atoms. The number of imide groups is 1. The molecule has 6 nitrogen and oxygen atoms in total. The Hall–Kier alpha value is -2.90. The van der Waals surface area contributed by atoms with Crippen LogP contribution in [-0.4, -0.2) is 46.9 Å². The van der Waals surface area contributed by atoms with Crippen molar-refractivity contribution < 1.29 is 19.5 Å². The van der Waals surface area contributed by atoms with Gasteiger partial charge in [-0.2, -0.15) is 0 Å². The molecule has 0 spiro atoms. The van der Waals surface area contributed by atoms with Crippen LogP contribution in [0.3, 0.4) is 0 Å². The molecule has 0 radical (unpaired) electrons. The van der Waals surface area contributed by atoms with Gasteiger partial charge in [-0.3, -0.25) is 14.5 Å². The first-order valence-electron chi connectivity index (χ1n) is 11.9. The molecule has 3 aromatic carbocycles. The fraction of sp³-hybridized carbons (Fsp3) is 0.250. The third kappa shape index (κ3) is 5.99. The van der Waals surface area contributed by atoms with Crippen LogP contribution in [0.2, 0.25) is 15.1 Å². The minimum atomic E-state index is -1.52. The predicted octanol–water partition coefficient (Wildman–Crippen LogP) is 5.98. The number of amides is 2. The average Bonchev–Trinajstić information content (AvgIpc) is 2.91. The number of benzene rings is 3. The summed E-state index contributed by atoms with van der Waals surface area (Å²) in [4.78, 5) is 40.7. The topological polar surface area (TPSA) is 86.7 Å². The summed E-state index contributed by atoms with van der Waals surface area (Å²) in [6, 6.07) is 17.6. The van der Waals surface area contributed by atoms with E-state index in [0.717, 1.165) is 23.4 Å². The molecule has 0 saturated carbocycles. The van der Waals surface area contributed by atoms with E-state index in [0.29, 0.717) is 24.1 Å². The summed E-state index contributed by atoms with van der Waals surface area (Å²) in [5, 5.41) is 14.0. The lowest BCUT2D eigenvalue weighted by molar-refractivity contribution is -0.149. The lowest BCUT2D eigenvalue weighted by Gasteiger charge is -2.32. The maximum Gasteiger partial charge on any atom is 0.327 e. The highest BCUT2D eigenvalue weighted by Crippen LogP contribution is 2.37. The molecule has 1 saturated heterocycles. The zero-order chi connectivity index (χ0) is 26.5. The van der Waals surface area contributed by atoms with E-state index >= 15 is 0 Å². The number of aliphatic carboxylic acids is 1. The maximum atomic E-state index is 13.7. The monoisotopic (exact) mass is 558 g/mol. The van der Waals surface area contributed by atoms with Gasteiger partial charge in [-0.25, -0.2) is 4.79 Å². The molecule has 2 amide bonds. The highest BCUT2D eigenvalue weighted by Gasteiger charge is 2.40. The molecular weight excluding hydrogens is 535 g/mol. The van der Waals surface area contributed by atoms with Crippen molar-refractivity contribution in [1.29, 1.82) is 0 Å². The van der Waals surface area contributed by atoms with Gasteiger partial charge in [0.15, 0.2) is 0 Å². The quantitative estimate of drug-likeness (QED) is 0.348. The summed E-state index contributed by atoms with van der Waals surface area (Å²) < 4.78 is 0. The fourth-order valence-corrected chi connectivity index (χ4v) is 5.26. The van der Waals surface area contributed by atoms with Crippen LogP contribution in [0.4, 0.5) is 0 Å². The lowest BCUT2D eigenvalue weighted by atomic mass is 9.94. The van der Waals surface area contributed by atoms with Crippen molar-refractivity contribution in [1.82, 2.24) is 10.2 Å². The number of carboxylic acids is 1. The Morgan fingerprint density at radius 3 is 2.30 bits per heavy atom. The number of rotatable bonds is 7. The molecule has 9 heteroatoms. The third-order valence-corrected chi connectivity index (χ3v) is 7.71. The highest BCUT2D eigenvalue weighted by atomic mass is 35.5. The molecular formula is C28H25Cl3N2O4. The minimum absolute atomic E-state index is 0.0519. The molecule has 2 unspecified atom stereocenters. The minimum Gasteiger partial charge on any atom is -0.480 e. The number of carbonyl (C=O) groups is 3. The van der Waals surface area contributed by atoms with Crippen LogP contribution in [0.1, 0.15) is 28.8 Å². The van der Waals surface area contributed by atoms with Crippen molar-refractivity contribution in [2.45, 2.75) is 25.3 Å². The van der Waals surface area contributed by atoms with E-state index in [9.17, 15) is 19.5 Å². The maximum absolute atomic E-state index is 13.7. The van der Waals surface area contributed by atoms with Gasteiger partial charge < -0.3 is 10.4 Å². The first-order chi connectivity index (χ1) is 17.8. The molecule has 1 fully saturated rings. The van der Waals surface area contributed by atoms with Crippen molar-refractivity contribution in [3.8, 4) is 11.1 Å². The molecule has 2 N–H and O–H groups in total. The van der Waals surface area contributed by atoms with Crippen molar-refractivity contribution in [3.63, 3.8) is 0 Å². The number of halogens is 3. The van der Waals surface area contributed by atoms with Gasteiger partial charge in [-0.1, -0.05) is 89.4 Å². The van der Waals surface area contributed by atoms with Crippen LogP contribution in [-0.2, 0) is 16.0 Å². The van der Waals surface area contributed by atoms with Gasteiger partial charge in [-0.15, -0.1) is 0 Å². The molecule has 1 heterocycles. The SMILES string of the molecule is O=C(O)C(Cc1ccc(-c2ccccc2)c(Cl)c1Cl)N(C(=O)c1ccccc1Cl)C(=O)C1CCCNC1. The third-order valence-electron chi connectivity index (χ3n) is 6.46. The summed E-state index contributed by atoms with van der Waals surface area (Å²) in [5.74, 6) is -3.21. The van der Waals surface area contributed by atoms with Crippen LogP contribution < -0.4 is 5.32 Å². The standard InChI is InChI=1S/C28H25Cl3N2O4/c29-22-11-5-4-10-21(22)27(35)33(26(34)19-9-6-14-32-16-19)23(28(36)37)15-18-12-13-20(25(31)24(18)30)17-7-2-1-3-8-17/h1-5,7-8,10-13,19,23,32H,6,9,14-16H2,(H,36,37). The number of nitrogens with one attached hydrogen (secondary N) is 1. The van der Waals surface area contributed by atoms with Gasteiger partial charge in [0.1, 0.15) is 6.04 Å². The molecule has 1 aliphatic heterocycles. The van der Waals surface area contributed by atoms with Gasteiger partial charge in [0.25, 0.3) is 5.91 Å². The zero-order valence-corrected chi connectivity index (χ0v) is 22.1. The van der Waals surface area contributed by atoms with Gasteiger partial charge >= 0.3 is 5.97 Å². The Morgan fingerprint density at radius 1 is 0.946 bits per heavy atom. The van der Waals surface area contributed by atoms with E-state index in [1.807, 2.05) is 30.3 Å². The Bertz CT molecular complexity index is 1310.